The van der Waals surface area contributed by atoms with Gasteiger partial charge < -0.3 is 5.32 Å². The molecule has 0 aliphatic heterocycles. The lowest BCUT2D eigenvalue weighted by Crippen LogP contribution is -1.99. The van der Waals surface area contributed by atoms with E-state index in [0.29, 0.717) is 10.2 Å². The summed E-state index contributed by atoms with van der Waals surface area (Å²) in [7, 11) is -3.31. The minimum absolute atomic E-state index is 0.0965. The molecule has 0 bridgehead atoms. The smallest absolute Gasteiger partial charge is 0.175 e. The Bertz CT molecular complexity index is 763. The average molecular weight is 362 g/mol. The number of sulfone groups is 1. The highest BCUT2D eigenvalue weighted by Gasteiger charge is 2.11. The maximum absolute atomic E-state index is 13.5. The monoisotopic (exact) mass is 361 g/mol. The highest BCUT2D eigenvalue weighted by molar-refractivity contribution is 9.10. The van der Waals surface area contributed by atoms with Crippen molar-refractivity contribution in [2.24, 2.45) is 0 Å². The molecule has 3 nitrogen and oxygen atoms in total. The number of rotatable bonds is 3. The first kappa shape index (κ1) is 14.9. The molecule has 0 saturated heterocycles. The third-order valence-corrected chi connectivity index (χ3v) is 4.34. The van der Waals surface area contributed by atoms with Crippen molar-refractivity contribution in [2.75, 3.05) is 11.6 Å². The first-order valence-corrected chi connectivity index (χ1v) is 8.17. The van der Waals surface area contributed by atoms with E-state index >= 15 is 0 Å². The van der Waals surface area contributed by atoms with Crippen LogP contribution in [0.4, 0.5) is 20.2 Å². The van der Waals surface area contributed by atoms with Crippen molar-refractivity contribution >= 4 is 37.1 Å². The third-order valence-electron chi connectivity index (χ3n) is 2.57. The number of hydrogen-bond donors (Lipinski definition) is 1. The van der Waals surface area contributed by atoms with Crippen LogP contribution >= 0.6 is 15.9 Å². The van der Waals surface area contributed by atoms with E-state index in [2.05, 4.69) is 21.2 Å². The highest BCUT2D eigenvalue weighted by Crippen LogP contribution is 2.29. The van der Waals surface area contributed by atoms with E-state index < -0.39 is 21.5 Å². The molecule has 2 aromatic carbocycles. The molecule has 0 aromatic heterocycles. The number of benzene rings is 2. The van der Waals surface area contributed by atoms with Crippen LogP contribution in [-0.2, 0) is 9.84 Å². The van der Waals surface area contributed by atoms with Gasteiger partial charge in [0.15, 0.2) is 9.84 Å². The Kier molecular flexibility index (Phi) is 4.10. The van der Waals surface area contributed by atoms with Gasteiger partial charge in [0.05, 0.1) is 16.3 Å². The van der Waals surface area contributed by atoms with Gasteiger partial charge in [0.1, 0.15) is 11.6 Å². The van der Waals surface area contributed by atoms with Crippen LogP contribution in [0, 0.1) is 11.6 Å². The van der Waals surface area contributed by atoms with Gasteiger partial charge in [-0.15, -0.1) is 0 Å². The summed E-state index contributed by atoms with van der Waals surface area (Å²) in [5, 5.41) is 2.76. The molecule has 2 aromatic rings. The number of anilines is 2. The van der Waals surface area contributed by atoms with Crippen molar-refractivity contribution < 1.29 is 17.2 Å². The molecular weight excluding hydrogens is 352 g/mol. The zero-order chi connectivity index (χ0) is 14.9. The van der Waals surface area contributed by atoms with E-state index in [0.717, 1.165) is 18.4 Å². The van der Waals surface area contributed by atoms with Gasteiger partial charge in [-0.3, -0.25) is 0 Å². The normalized spacial score (nSPS) is 11.4. The van der Waals surface area contributed by atoms with E-state index in [4.69, 9.17) is 0 Å². The number of halogens is 3. The summed E-state index contributed by atoms with van der Waals surface area (Å²) in [6.45, 7) is 0. The molecule has 0 amide bonds. The molecule has 0 radical (unpaired) electrons. The maximum Gasteiger partial charge on any atom is 0.175 e. The van der Waals surface area contributed by atoms with Crippen molar-refractivity contribution in [3.63, 3.8) is 0 Å². The summed E-state index contributed by atoms with van der Waals surface area (Å²) in [5.41, 5.74) is 0.571. The van der Waals surface area contributed by atoms with E-state index in [1.54, 1.807) is 0 Å². The third kappa shape index (κ3) is 3.34. The van der Waals surface area contributed by atoms with Crippen LogP contribution in [0.15, 0.2) is 45.8 Å². The fourth-order valence-corrected chi connectivity index (χ4v) is 2.84. The van der Waals surface area contributed by atoms with Crippen LogP contribution in [-0.4, -0.2) is 14.7 Å². The molecule has 1 N–H and O–H groups in total. The fourth-order valence-electron chi connectivity index (χ4n) is 1.56. The predicted octanol–water partition coefficient (Wildman–Crippen LogP) is 3.87. The molecule has 0 unspecified atom stereocenters. The zero-order valence-electron chi connectivity index (χ0n) is 10.3. The highest BCUT2D eigenvalue weighted by atomic mass is 79.9. The van der Waals surface area contributed by atoms with E-state index in [9.17, 15) is 17.2 Å². The van der Waals surface area contributed by atoms with E-state index in [-0.39, 0.29) is 10.6 Å². The van der Waals surface area contributed by atoms with Crippen LogP contribution in [0.1, 0.15) is 0 Å². The second-order valence-electron chi connectivity index (χ2n) is 4.16. The first-order chi connectivity index (χ1) is 9.27. The van der Waals surface area contributed by atoms with Gasteiger partial charge in [0.2, 0.25) is 0 Å². The molecule has 2 rings (SSSR count). The Morgan fingerprint density at radius 1 is 1.05 bits per heavy atom. The molecule has 0 aliphatic carbocycles. The topological polar surface area (TPSA) is 46.2 Å². The average Bonchev–Trinajstić information content (AvgIpc) is 2.33. The Morgan fingerprint density at radius 2 is 1.70 bits per heavy atom. The maximum atomic E-state index is 13.5. The largest absolute Gasteiger partial charge is 0.352 e. The lowest BCUT2D eigenvalue weighted by Gasteiger charge is -2.10. The molecule has 20 heavy (non-hydrogen) atoms. The van der Waals surface area contributed by atoms with Gasteiger partial charge in [-0.1, -0.05) is 0 Å². The summed E-state index contributed by atoms with van der Waals surface area (Å²) in [6.07, 6.45) is 1.10. The molecule has 106 valence electrons. The second kappa shape index (κ2) is 5.49. The molecule has 0 saturated carbocycles. The lowest BCUT2D eigenvalue weighted by atomic mass is 10.2. The summed E-state index contributed by atoms with van der Waals surface area (Å²) >= 11 is 3.21. The van der Waals surface area contributed by atoms with Crippen molar-refractivity contribution in [1.82, 2.24) is 0 Å². The molecule has 0 fully saturated rings. The van der Waals surface area contributed by atoms with Crippen LogP contribution in [0.25, 0.3) is 0 Å². The molecule has 7 heteroatoms. The molecular formula is C13H10BrF2NO2S. The van der Waals surface area contributed by atoms with Crippen LogP contribution < -0.4 is 5.32 Å². The van der Waals surface area contributed by atoms with Crippen LogP contribution in [0.2, 0.25) is 0 Å². The van der Waals surface area contributed by atoms with Crippen molar-refractivity contribution in [1.29, 1.82) is 0 Å². The van der Waals surface area contributed by atoms with Gasteiger partial charge >= 0.3 is 0 Å². The molecule has 0 spiro atoms. The van der Waals surface area contributed by atoms with Gasteiger partial charge in [-0.05, 0) is 46.3 Å². The van der Waals surface area contributed by atoms with Crippen molar-refractivity contribution in [3.05, 3.63) is 52.5 Å². The van der Waals surface area contributed by atoms with Gasteiger partial charge in [-0.25, -0.2) is 17.2 Å². The quantitative estimate of drug-likeness (QED) is 0.902. The fraction of sp³-hybridized carbons (Fsp3) is 0.0769. The summed E-state index contributed by atoms with van der Waals surface area (Å²) in [4.78, 5) is 0.148. The minimum atomic E-state index is -3.31. The number of nitrogens with one attached hydrogen (secondary N) is 1. The Morgan fingerprint density at radius 3 is 2.25 bits per heavy atom. The first-order valence-electron chi connectivity index (χ1n) is 5.49. The molecule has 0 heterocycles. The van der Waals surface area contributed by atoms with Crippen LogP contribution in [0.5, 0.6) is 0 Å². The standard InChI is InChI=1S/C13H10BrF2NO2S/c1-20(18,19)9-3-5-12(10(14)7-9)17-13-4-2-8(15)6-11(13)16/h2-7,17H,1H3. The predicted molar refractivity (Wildman–Crippen MR) is 76.9 cm³/mol. The molecule has 0 atom stereocenters. The van der Waals surface area contributed by atoms with E-state index in [1.807, 2.05) is 0 Å². The molecule has 0 aliphatic rings. The summed E-state index contributed by atoms with van der Waals surface area (Å²) in [6, 6.07) is 7.49. The Hall–Kier alpha value is -1.47. The SMILES string of the molecule is CS(=O)(=O)c1ccc(Nc2ccc(F)cc2F)c(Br)c1. The van der Waals surface area contributed by atoms with Crippen molar-refractivity contribution in [2.45, 2.75) is 4.90 Å². The summed E-state index contributed by atoms with van der Waals surface area (Å²) in [5.74, 6) is -1.40. The van der Waals surface area contributed by atoms with Gasteiger partial charge in [0.25, 0.3) is 0 Å². The van der Waals surface area contributed by atoms with Gasteiger partial charge in [-0.2, -0.15) is 0 Å². The summed E-state index contributed by atoms with van der Waals surface area (Å²) < 4.78 is 49.6. The number of hydrogen-bond acceptors (Lipinski definition) is 3. The van der Waals surface area contributed by atoms with E-state index in [1.165, 1.54) is 24.3 Å². The van der Waals surface area contributed by atoms with Crippen molar-refractivity contribution in [3.8, 4) is 0 Å². The zero-order valence-corrected chi connectivity index (χ0v) is 12.7. The lowest BCUT2D eigenvalue weighted by molar-refractivity contribution is 0.586. The van der Waals surface area contributed by atoms with Gasteiger partial charge in [0, 0.05) is 16.8 Å². The second-order valence-corrected chi connectivity index (χ2v) is 7.03. The Balaban J connectivity index is 2.35. The van der Waals surface area contributed by atoms with Crippen LogP contribution in [0.3, 0.4) is 0 Å². The Labute approximate surface area is 123 Å². The minimum Gasteiger partial charge on any atom is -0.352 e.